The zero-order valence-corrected chi connectivity index (χ0v) is 13.0. The molecule has 21 heavy (non-hydrogen) atoms. The second-order valence-electron chi connectivity index (χ2n) is 4.71. The third kappa shape index (κ3) is 7.79. The molecule has 0 aliphatic heterocycles. The Morgan fingerprint density at radius 1 is 1.00 bits per heavy atom. The summed E-state index contributed by atoms with van der Waals surface area (Å²) >= 11 is 0. The van der Waals surface area contributed by atoms with Crippen molar-refractivity contribution in [2.75, 3.05) is 52.5 Å². The Bertz CT molecular complexity index is 402. The molecule has 0 atom stereocenters. The van der Waals surface area contributed by atoms with Crippen LogP contribution in [-0.2, 0) is 14.2 Å². The lowest BCUT2D eigenvalue weighted by molar-refractivity contribution is 0.0176. The zero-order valence-electron chi connectivity index (χ0n) is 13.0. The molecule has 7 nitrogen and oxygen atoms in total. The first kappa shape index (κ1) is 17.6. The van der Waals surface area contributed by atoms with Crippen LogP contribution in [0.5, 0.6) is 5.88 Å². The average molecular weight is 299 g/mol. The van der Waals surface area contributed by atoms with Gasteiger partial charge in [0.1, 0.15) is 18.2 Å². The molecule has 1 aromatic heterocycles. The standard InChI is InChI=1S/C14H25N3O4/c1-11(2)14-16-12(15)10-13(17-14)21-9-8-20-7-6-19-5-4-18-3/h10-11H,4-9H2,1-3H3,(H2,15,16,17). The molecule has 0 saturated heterocycles. The average Bonchev–Trinajstić information content (AvgIpc) is 2.45. The summed E-state index contributed by atoms with van der Waals surface area (Å²) in [6, 6.07) is 1.61. The number of nitrogens with zero attached hydrogens (tertiary/aromatic N) is 2. The third-order valence-electron chi connectivity index (χ3n) is 2.54. The predicted octanol–water partition coefficient (Wildman–Crippen LogP) is 1.24. The first-order chi connectivity index (χ1) is 10.1. The van der Waals surface area contributed by atoms with E-state index in [1.165, 1.54) is 0 Å². The van der Waals surface area contributed by atoms with E-state index in [-0.39, 0.29) is 5.92 Å². The Kier molecular flexibility index (Phi) is 8.65. The molecule has 0 unspecified atom stereocenters. The van der Waals surface area contributed by atoms with Crippen LogP contribution >= 0.6 is 0 Å². The van der Waals surface area contributed by atoms with Crippen molar-refractivity contribution in [2.24, 2.45) is 0 Å². The lowest BCUT2D eigenvalue weighted by Gasteiger charge is -2.10. The highest BCUT2D eigenvalue weighted by molar-refractivity contribution is 5.33. The SMILES string of the molecule is COCCOCCOCCOc1cc(N)nc(C(C)C)n1. The van der Waals surface area contributed by atoms with Crippen LogP contribution in [0, 0.1) is 0 Å². The molecule has 0 bridgehead atoms. The van der Waals surface area contributed by atoms with E-state index in [1.807, 2.05) is 13.8 Å². The maximum absolute atomic E-state index is 5.72. The lowest BCUT2D eigenvalue weighted by atomic mass is 10.2. The van der Waals surface area contributed by atoms with Gasteiger partial charge in [0.05, 0.1) is 33.0 Å². The van der Waals surface area contributed by atoms with Gasteiger partial charge in [-0.3, -0.25) is 0 Å². The zero-order chi connectivity index (χ0) is 15.5. The van der Waals surface area contributed by atoms with Crippen LogP contribution in [0.2, 0.25) is 0 Å². The van der Waals surface area contributed by atoms with Crippen molar-refractivity contribution in [1.82, 2.24) is 9.97 Å². The Balaban J connectivity index is 2.15. The minimum Gasteiger partial charge on any atom is -0.475 e. The lowest BCUT2D eigenvalue weighted by Crippen LogP contribution is -2.13. The van der Waals surface area contributed by atoms with Crippen molar-refractivity contribution < 1.29 is 18.9 Å². The quantitative estimate of drug-likeness (QED) is 0.615. The maximum atomic E-state index is 5.72. The summed E-state index contributed by atoms with van der Waals surface area (Å²) in [5.74, 6) is 1.77. The van der Waals surface area contributed by atoms with Crippen LogP contribution < -0.4 is 10.5 Å². The number of nitrogens with two attached hydrogens (primary N) is 1. The second kappa shape index (κ2) is 10.3. The number of nitrogen functional groups attached to an aromatic ring is 1. The van der Waals surface area contributed by atoms with Gasteiger partial charge >= 0.3 is 0 Å². The number of ether oxygens (including phenoxy) is 4. The topological polar surface area (TPSA) is 88.7 Å². The molecule has 1 aromatic rings. The Hall–Kier alpha value is -1.44. The van der Waals surface area contributed by atoms with E-state index in [0.29, 0.717) is 57.2 Å². The number of aromatic nitrogens is 2. The molecule has 0 spiro atoms. The molecule has 0 saturated carbocycles. The molecule has 7 heteroatoms. The molecular formula is C14H25N3O4. The predicted molar refractivity (Wildman–Crippen MR) is 79.5 cm³/mol. The Morgan fingerprint density at radius 2 is 1.62 bits per heavy atom. The van der Waals surface area contributed by atoms with Gasteiger partial charge in [0.2, 0.25) is 5.88 Å². The molecule has 2 N–H and O–H groups in total. The van der Waals surface area contributed by atoms with Crippen LogP contribution in [0.1, 0.15) is 25.6 Å². The van der Waals surface area contributed by atoms with Crippen molar-refractivity contribution in [3.05, 3.63) is 11.9 Å². The minimum absolute atomic E-state index is 0.205. The van der Waals surface area contributed by atoms with E-state index >= 15 is 0 Å². The van der Waals surface area contributed by atoms with Crippen LogP contribution in [-0.4, -0.2) is 56.7 Å². The second-order valence-corrected chi connectivity index (χ2v) is 4.71. The van der Waals surface area contributed by atoms with Gasteiger partial charge in [-0.2, -0.15) is 4.98 Å². The monoisotopic (exact) mass is 299 g/mol. The summed E-state index contributed by atoms with van der Waals surface area (Å²) in [6.45, 7) is 7.12. The summed E-state index contributed by atoms with van der Waals surface area (Å²) < 4.78 is 21.0. The van der Waals surface area contributed by atoms with Crippen LogP contribution in [0.25, 0.3) is 0 Å². The maximum Gasteiger partial charge on any atom is 0.218 e. The van der Waals surface area contributed by atoms with E-state index in [1.54, 1.807) is 13.2 Å². The van der Waals surface area contributed by atoms with E-state index in [2.05, 4.69) is 9.97 Å². The normalized spacial score (nSPS) is 11.0. The van der Waals surface area contributed by atoms with E-state index in [4.69, 9.17) is 24.7 Å². The van der Waals surface area contributed by atoms with Crippen molar-refractivity contribution in [3.8, 4) is 5.88 Å². The fourth-order valence-corrected chi connectivity index (χ4v) is 1.46. The van der Waals surface area contributed by atoms with Gasteiger partial charge in [-0.25, -0.2) is 4.98 Å². The highest BCUT2D eigenvalue weighted by Crippen LogP contribution is 2.16. The highest BCUT2D eigenvalue weighted by Gasteiger charge is 2.07. The van der Waals surface area contributed by atoms with Crippen LogP contribution in [0.3, 0.4) is 0 Å². The molecule has 0 aliphatic carbocycles. The van der Waals surface area contributed by atoms with Crippen molar-refractivity contribution >= 4 is 5.82 Å². The highest BCUT2D eigenvalue weighted by atomic mass is 16.6. The molecule has 1 heterocycles. The first-order valence-corrected chi connectivity index (χ1v) is 7.05. The smallest absolute Gasteiger partial charge is 0.218 e. The summed E-state index contributed by atoms with van der Waals surface area (Å²) in [7, 11) is 1.64. The fourth-order valence-electron chi connectivity index (χ4n) is 1.46. The molecule has 0 aromatic carbocycles. The van der Waals surface area contributed by atoms with Gasteiger partial charge < -0.3 is 24.7 Å². The summed E-state index contributed by atoms with van der Waals surface area (Å²) in [6.07, 6.45) is 0. The minimum atomic E-state index is 0.205. The van der Waals surface area contributed by atoms with Gasteiger partial charge in [0.15, 0.2) is 0 Å². The summed E-state index contributed by atoms with van der Waals surface area (Å²) in [5.41, 5.74) is 5.72. The largest absolute Gasteiger partial charge is 0.475 e. The molecule has 0 fully saturated rings. The van der Waals surface area contributed by atoms with Gasteiger partial charge in [-0.05, 0) is 0 Å². The molecule has 0 radical (unpaired) electrons. The Labute approximate surface area is 125 Å². The van der Waals surface area contributed by atoms with Gasteiger partial charge in [0.25, 0.3) is 0 Å². The molecule has 1 rings (SSSR count). The molecule has 0 amide bonds. The van der Waals surface area contributed by atoms with E-state index < -0.39 is 0 Å². The van der Waals surface area contributed by atoms with Crippen LogP contribution in [0.4, 0.5) is 5.82 Å². The number of hydrogen-bond donors (Lipinski definition) is 1. The first-order valence-electron chi connectivity index (χ1n) is 7.05. The number of methoxy groups -OCH3 is 1. The van der Waals surface area contributed by atoms with Gasteiger partial charge in [-0.15, -0.1) is 0 Å². The molecule has 120 valence electrons. The van der Waals surface area contributed by atoms with Crippen molar-refractivity contribution in [3.63, 3.8) is 0 Å². The summed E-state index contributed by atoms with van der Waals surface area (Å²) in [5, 5.41) is 0. The summed E-state index contributed by atoms with van der Waals surface area (Å²) in [4.78, 5) is 8.45. The third-order valence-corrected chi connectivity index (χ3v) is 2.54. The fraction of sp³-hybridized carbons (Fsp3) is 0.714. The number of anilines is 1. The number of rotatable bonds is 11. The Morgan fingerprint density at radius 3 is 2.24 bits per heavy atom. The molecular weight excluding hydrogens is 274 g/mol. The van der Waals surface area contributed by atoms with Gasteiger partial charge in [-0.1, -0.05) is 13.8 Å². The van der Waals surface area contributed by atoms with Crippen molar-refractivity contribution in [2.45, 2.75) is 19.8 Å². The van der Waals surface area contributed by atoms with Gasteiger partial charge in [0, 0.05) is 19.1 Å². The van der Waals surface area contributed by atoms with Crippen molar-refractivity contribution in [1.29, 1.82) is 0 Å². The van der Waals surface area contributed by atoms with E-state index in [9.17, 15) is 0 Å². The number of hydrogen-bond acceptors (Lipinski definition) is 7. The molecule has 0 aliphatic rings. The van der Waals surface area contributed by atoms with E-state index in [0.717, 1.165) is 0 Å². The van der Waals surface area contributed by atoms with Crippen LogP contribution in [0.15, 0.2) is 6.07 Å².